The summed E-state index contributed by atoms with van der Waals surface area (Å²) in [5.41, 5.74) is 0.546. The van der Waals surface area contributed by atoms with Crippen molar-refractivity contribution in [2.24, 2.45) is 5.92 Å². The first-order chi connectivity index (χ1) is 6.87. The predicted molar refractivity (Wildman–Crippen MR) is 60.2 cm³/mol. The summed E-state index contributed by atoms with van der Waals surface area (Å²) in [7, 11) is 0. The molecule has 1 aromatic rings. The van der Waals surface area contributed by atoms with Crippen molar-refractivity contribution in [3.8, 4) is 0 Å². The fraction of sp³-hybridized carbons (Fsp3) is 0.538. The molecule has 1 rings (SSSR count). The first-order valence-electron chi connectivity index (χ1n) is 5.38. The van der Waals surface area contributed by atoms with Gasteiger partial charge in [0.2, 0.25) is 0 Å². The quantitative estimate of drug-likeness (QED) is 0.810. The van der Waals surface area contributed by atoms with Crippen molar-refractivity contribution in [3.63, 3.8) is 0 Å². The Morgan fingerprint density at radius 1 is 1.40 bits per heavy atom. The molecule has 1 N–H and O–H groups in total. The van der Waals surface area contributed by atoms with Gasteiger partial charge in [-0.1, -0.05) is 26.3 Å². The zero-order valence-corrected chi connectivity index (χ0v) is 9.84. The first-order valence-corrected chi connectivity index (χ1v) is 5.38. The van der Waals surface area contributed by atoms with E-state index in [1.807, 2.05) is 26.8 Å². The molecule has 0 aliphatic carbocycles. The van der Waals surface area contributed by atoms with E-state index >= 15 is 0 Å². The Morgan fingerprint density at radius 3 is 2.47 bits per heavy atom. The van der Waals surface area contributed by atoms with Crippen molar-refractivity contribution < 1.29 is 9.50 Å². The van der Waals surface area contributed by atoms with Crippen molar-refractivity contribution >= 4 is 0 Å². The molecule has 0 saturated carbocycles. The van der Waals surface area contributed by atoms with Crippen molar-refractivity contribution in [3.05, 3.63) is 35.1 Å². The number of benzene rings is 1. The molecule has 2 atom stereocenters. The van der Waals surface area contributed by atoms with E-state index in [4.69, 9.17) is 0 Å². The summed E-state index contributed by atoms with van der Waals surface area (Å²) in [5, 5.41) is 10.3. The second kappa shape index (κ2) is 4.31. The lowest BCUT2D eigenvalue weighted by molar-refractivity contribution is -0.000293. The molecule has 1 aromatic carbocycles. The fourth-order valence-electron chi connectivity index (χ4n) is 1.71. The molecule has 0 aliphatic rings. The third-order valence-corrected chi connectivity index (χ3v) is 3.20. The van der Waals surface area contributed by atoms with Gasteiger partial charge in [0.05, 0.1) is 5.60 Å². The van der Waals surface area contributed by atoms with Gasteiger partial charge in [-0.2, -0.15) is 0 Å². The molecule has 0 aliphatic heterocycles. The molecule has 84 valence electrons. The van der Waals surface area contributed by atoms with Crippen LogP contribution >= 0.6 is 0 Å². The van der Waals surface area contributed by atoms with E-state index < -0.39 is 5.60 Å². The van der Waals surface area contributed by atoms with Gasteiger partial charge in [0.1, 0.15) is 5.82 Å². The Bertz CT molecular complexity index is 324. The van der Waals surface area contributed by atoms with Crippen LogP contribution in [0.4, 0.5) is 4.39 Å². The van der Waals surface area contributed by atoms with Crippen LogP contribution in [-0.2, 0) is 5.60 Å². The molecule has 0 radical (unpaired) electrons. The van der Waals surface area contributed by atoms with Crippen molar-refractivity contribution in [2.75, 3.05) is 0 Å². The molecule has 0 saturated heterocycles. The summed E-state index contributed by atoms with van der Waals surface area (Å²) < 4.78 is 13.2. The summed E-state index contributed by atoms with van der Waals surface area (Å²) in [4.78, 5) is 0. The van der Waals surface area contributed by atoms with Gasteiger partial charge in [-0.15, -0.1) is 0 Å². The average molecular weight is 210 g/mol. The number of hydrogen-bond acceptors (Lipinski definition) is 1. The summed E-state index contributed by atoms with van der Waals surface area (Å²) >= 11 is 0. The van der Waals surface area contributed by atoms with Crippen molar-refractivity contribution in [1.82, 2.24) is 0 Å². The largest absolute Gasteiger partial charge is 0.385 e. The monoisotopic (exact) mass is 210 g/mol. The average Bonchev–Trinajstić information content (AvgIpc) is 2.15. The molecular weight excluding hydrogens is 191 g/mol. The highest BCUT2D eigenvalue weighted by atomic mass is 19.1. The SMILES string of the molecule is CCC(C)C(C)(O)c1cc(C)cc(F)c1. The molecule has 1 nitrogen and oxygen atoms in total. The lowest BCUT2D eigenvalue weighted by Crippen LogP contribution is -2.29. The Balaban J connectivity index is 3.14. The number of rotatable bonds is 3. The third-order valence-electron chi connectivity index (χ3n) is 3.20. The molecule has 0 amide bonds. The van der Waals surface area contributed by atoms with Gasteiger partial charge in [-0.25, -0.2) is 4.39 Å². The fourth-order valence-corrected chi connectivity index (χ4v) is 1.71. The number of hydrogen-bond donors (Lipinski definition) is 1. The Labute approximate surface area is 90.9 Å². The zero-order chi connectivity index (χ0) is 11.6. The van der Waals surface area contributed by atoms with E-state index in [1.54, 1.807) is 6.92 Å². The molecule has 0 heterocycles. The van der Waals surface area contributed by atoms with Gasteiger partial charge in [0.25, 0.3) is 0 Å². The van der Waals surface area contributed by atoms with Gasteiger partial charge >= 0.3 is 0 Å². The van der Waals surface area contributed by atoms with Crippen LogP contribution in [-0.4, -0.2) is 5.11 Å². The Hall–Kier alpha value is -0.890. The van der Waals surface area contributed by atoms with Crippen LogP contribution in [0.15, 0.2) is 18.2 Å². The van der Waals surface area contributed by atoms with Crippen molar-refractivity contribution in [2.45, 2.75) is 39.7 Å². The van der Waals surface area contributed by atoms with Crippen LogP contribution < -0.4 is 0 Å². The highest BCUT2D eigenvalue weighted by molar-refractivity contribution is 5.28. The maximum absolute atomic E-state index is 13.2. The minimum atomic E-state index is -0.957. The Kier molecular flexibility index (Phi) is 3.50. The molecule has 0 spiro atoms. The van der Waals surface area contributed by atoms with Crippen LogP contribution in [0.3, 0.4) is 0 Å². The minimum Gasteiger partial charge on any atom is -0.385 e. The maximum Gasteiger partial charge on any atom is 0.123 e. The van der Waals surface area contributed by atoms with Crippen LogP contribution in [0, 0.1) is 18.7 Å². The number of halogens is 1. The summed E-state index contributed by atoms with van der Waals surface area (Å²) in [5.74, 6) is -0.174. The van der Waals surface area contributed by atoms with Gasteiger partial charge in [0.15, 0.2) is 0 Å². The van der Waals surface area contributed by atoms with E-state index in [0.717, 1.165) is 12.0 Å². The number of aryl methyl sites for hydroxylation is 1. The topological polar surface area (TPSA) is 20.2 Å². The summed E-state index contributed by atoms with van der Waals surface area (Å²) in [6.45, 7) is 7.57. The smallest absolute Gasteiger partial charge is 0.123 e. The summed E-state index contributed by atoms with van der Waals surface area (Å²) in [6.07, 6.45) is 0.864. The molecule has 2 unspecified atom stereocenters. The number of aliphatic hydroxyl groups is 1. The van der Waals surface area contributed by atoms with E-state index in [2.05, 4.69) is 0 Å². The molecule has 0 fully saturated rings. The zero-order valence-electron chi connectivity index (χ0n) is 9.84. The first kappa shape index (κ1) is 12.2. The van der Waals surface area contributed by atoms with Crippen LogP contribution in [0.1, 0.15) is 38.3 Å². The van der Waals surface area contributed by atoms with E-state index in [-0.39, 0.29) is 11.7 Å². The summed E-state index contributed by atoms with van der Waals surface area (Å²) in [6, 6.07) is 4.73. The van der Waals surface area contributed by atoms with Gasteiger partial charge in [0, 0.05) is 0 Å². The lowest BCUT2D eigenvalue weighted by Gasteiger charge is -2.30. The van der Waals surface area contributed by atoms with E-state index in [9.17, 15) is 9.50 Å². The van der Waals surface area contributed by atoms with Gasteiger partial charge in [-0.05, 0) is 43.0 Å². The van der Waals surface area contributed by atoms with E-state index in [0.29, 0.717) is 5.56 Å². The maximum atomic E-state index is 13.2. The van der Waals surface area contributed by atoms with Crippen LogP contribution in [0.2, 0.25) is 0 Å². The predicted octanol–water partition coefficient (Wildman–Crippen LogP) is 3.39. The highest BCUT2D eigenvalue weighted by Gasteiger charge is 2.29. The van der Waals surface area contributed by atoms with Crippen LogP contribution in [0.25, 0.3) is 0 Å². The molecule has 15 heavy (non-hydrogen) atoms. The second-order valence-electron chi connectivity index (χ2n) is 4.47. The molecule has 0 bridgehead atoms. The van der Waals surface area contributed by atoms with E-state index in [1.165, 1.54) is 12.1 Å². The highest BCUT2D eigenvalue weighted by Crippen LogP contribution is 2.31. The normalized spacial score (nSPS) is 17.2. The van der Waals surface area contributed by atoms with Gasteiger partial charge < -0.3 is 5.11 Å². The van der Waals surface area contributed by atoms with Crippen molar-refractivity contribution in [1.29, 1.82) is 0 Å². The second-order valence-corrected chi connectivity index (χ2v) is 4.47. The molecule has 0 aromatic heterocycles. The third kappa shape index (κ3) is 2.57. The molecule has 2 heteroatoms. The Morgan fingerprint density at radius 2 is 2.00 bits per heavy atom. The van der Waals surface area contributed by atoms with Gasteiger partial charge in [-0.3, -0.25) is 0 Å². The standard InChI is InChI=1S/C13H19FO/c1-5-10(3)13(4,15)11-6-9(2)7-12(14)8-11/h6-8,10,15H,5H2,1-4H3. The van der Waals surface area contributed by atoms with Crippen LogP contribution in [0.5, 0.6) is 0 Å². The molecular formula is C13H19FO. The lowest BCUT2D eigenvalue weighted by atomic mass is 9.82. The minimum absolute atomic E-state index is 0.110.